The molecule has 0 saturated carbocycles. The molecule has 0 amide bonds. The van der Waals surface area contributed by atoms with E-state index < -0.39 is 5.41 Å². The first kappa shape index (κ1) is 32.3. The third-order valence-corrected chi connectivity index (χ3v) is 12.9. The summed E-state index contributed by atoms with van der Waals surface area (Å²) in [6.07, 6.45) is 3.68. The Kier molecular flexibility index (Phi) is 6.65. The Morgan fingerprint density at radius 3 is 1.75 bits per heavy atom. The maximum Gasteiger partial charge on any atom is 0.160 e. The van der Waals surface area contributed by atoms with Gasteiger partial charge in [0.2, 0.25) is 0 Å². The number of rotatable bonds is 3. The first-order valence-corrected chi connectivity index (χ1v) is 20.3. The van der Waals surface area contributed by atoms with Crippen molar-refractivity contribution < 1.29 is 0 Å². The van der Waals surface area contributed by atoms with E-state index in [-0.39, 0.29) is 0 Å². The van der Waals surface area contributed by atoms with Crippen molar-refractivity contribution in [3.05, 3.63) is 223 Å². The third kappa shape index (κ3) is 4.44. The summed E-state index contributed by atoms with van der Waals surface area (Å²) in [5, 5.41) is 7.76. The van der Waals surface area contributed by atoms with E-state index >= 15 is 0 Å². The number of aromatic nitrogens is 3. The molecule has 1 atom stereocenters. The van der Waals surface area contributed by atoms with Crippen molar-refractivity contribution >= 4 is 32.3 Å². The fourth-order valence-corrected chi connectivity index (χ4v) is 10.5. The number of hydrogen-bond donors (Lipinski definition) is 0. The lowest BCUT2D eigenvalue weighted by Crippen LogP contribution is -2.29. The van der Waals surface area contributed by atoms with Crippen LogP contribution in [0, 0.1) is 0 Å². The Morgan fingerprint density at radius 2 is 0.983 bits per heavy atom. The van der Waals surface area contributed by atoms with Crippen molar-refractivity contribution in [3.63, 3.8) is 0 Å². The van der Waals surface area contributed by atoms with Crippen molar-refractivity contribution in [1.82, 2.24) is 15.0 Å². The van der Waals surface area contributed by atoms with Crippen LogP contribution in [0.25, 0.3) is 99.6 Å². The topological polar surface area (TPSA) is 38.7 Å². The summed E-state index contributed by atoms with van der Waals surface area (Å²) in [6.45, 7) is 0. The molecular weight excluding hydrogens is 715 g/mol. The van der Waals surface area contributed by atoms with Gasteiger partial charge in [-0.15, -0.1) is 0 Å². The molecule has 1 spiro atoms. The molecule has 2 aliphatic carbocycles. The summed E-state index contributed by atoms with van der Waals surface area (Å²) in [6, 6.07) is 69.1. The van der Waals surface area contributed by atoms with Crippen LogP contribution in [0.5, 0.6) is 0 Å². The Bertz CT molecular complexity index is 3430. The maximum absolute atomic E-state index is 5.33. The summed E-state index contributed by atoms with van der Waals surface area (Å²) in [5.74, 6) is 0.677. The fourth-order valence-electron chi connectivity index (χ4n) is 10.5. The number of benzene rings is 9. The lowest BCUT2D eigenvalue weighted by molar-refractivity contribution is 0.777. The fraction of sp³-hybridized carbons (Fsp3) is 0.0179. The van der Waals surface area contributed by atoms with Gasteiger partial charge in [-0.05, 0) is 118 Å². The van der Waals surface area contributed by atoms with E-state index in [1.807, 2.05) is 18.3 Å². The molecule has 0 N–H and O–H groups in total. The molecule has 3 nitrogen and oxygen atoms in total. The van der Waals surface area contributed by atoms with Gasteiger partial charge in [0.1, 0.15) is 0 Å². The van der Waals surface area contributed by atoms with Crippen LogP contribution in [-0.4, -0.2) is 15.0 Å². The monoisotopic (exact) mass is 747 g/mol. The van der Waals surface area contributed by atoms with Gasteiger partial charge in [0.05, 0.1) is 16.8 Å². The van der Waals surface area contributed by atoms with Crippen LogP contribution in [-0.2, 0) is 5.41 Å². The van der Waals surface area contributed by atoms with Crippen molar-refractivity contribution in [2.24, 2.45) is 0 Å². The Hall–Kier alpha value is -7.75. The van der Waals surface area contributed by atoms with Gasteiger partial charge in [-0.25, -0.2) is 9.97 Å². The molecule has 0 fully saturated rings. The maximum atomic E-state index is 5.33. The predicted octanol–water partition coefficient (Wildman–Crippen LogP) is 13.8. The van der Waals surface area contributed by atoms with Gasteiger partial charge in [0, 0.05) is 29.1 Å². The van der Waals surface area contributed by atoms with E-state index in [9.17, 15) is 0 Å². The SMILES string of the molecule is c1ccc(-c2cc(-c3cccnc3)nc(-c3ccc4c(c3)C3(c5ccccc5-c5ccccc5-4)c4ccccc4-c4c3cc3ccc5cccc6ccc4c3c56)n2)cc1. The van der Waals surface area contributed by atoms with Gasteiger partial charge in [-0.2, -0.15) is 0 Å². The van der Waals surface area contributed by atoms with Crippen LogP contribution in [0.1, 0.15) is 22.3 Å². The largest absolute Gasteiger partial charge is 0.264 e. The van der Waals surface area contributed by atoms with Crippen LogP contribution < -0.4 is 0 Å². The van der Waals surface area contributed by atoms with Gasteiger partial charge < -0.3 is 0 Å². The zero-order valence-corrected chi connectivity index (χ0v) is 31.9. The quantitative estimate of drug-likeness (QED) is 0.169. The van der Waals surface area contributed by atoms with E-state index in [0.717, 1.165) is 28.1 Å². The van der Waals surface area contributed by atoms with Gasteiger partial charge in [0.15, 0.2) is 5.82 Å². The Morgan fingerprint density at radius 1 is 0.356 bits per heavy atom. The summed E-state index contributed by atoms with van der Waals surface area (Å²) in [4.78, 5) is 15.1. The molecule has 13 rings (SSSR count). The lowest BCUT2D eigenvalue weighted by atomic mass is 9.65. The summed E-state index contributed by atoms with van der Waals surface area (Å²) >= 11 is 0. The number of pyridine rings is 1. The molecule has 9 aromatic carbocycles. The molecule has 0 aliphatic heterocycles. The average molecular weight is 748 g/mol. The van der Waals surface area contributed by atoms with E-state index in [1.165, 1.54) is 88.0 Å². The second-order valence-electron chi connectivity index (χ2n) is 15.9. The molecule has 2 heterocycles. The summed E-state index contributed by atoms with van der Waals surface area (Å²) in [7, 11) is 0. The molecule has 1 unspecified atom stereocenters. The number of hydrogen-bond acceptors (Lipinski definition) is 3. The minimum atomic E-state index is -0.666. The highest BCUT2D eigenvalue weighted by Gasteiger charge is 2.50. The first-order chi connectivity index (χ1) is 29.3. The van der Waals surface area contributed by atoms with Crippen LogP contribution >= 0.6 is 0 Å². The minimum absolute atomic E-state index is 0.666. The highest BCUT2D eigenvalue weighted by atomic mass is 14.9. The van der Waals surface area contributed by atoms with Crippen LogP contribution in [0.2, 0.25) is 0 Å². The lowest BCUT2D eigenvalue weighted by Gasteiger charge is -2.36. The molecule has 11 aromatic rings. The van der Waals surface area contributed by atoms with E-state index in [4.69, 9.17) is 9.97 Å². The Balaban J connectivity index is 1.18. The van der Waals surface area contributed by atoms with Crippen LogP contribution in [0.15, 0.2) is 200 Å². The second-order valence-corrected chi connectivity index (χ2v) is 15.9. The van der Waals surface area contributed by atoms with Crippen molar-refractivity contribution in [2.45, 2.75) is 5.41 Å². The average Bonchev–Trinajstić information content (AvgIpc) is 3.55. The molecule has 2 aromatic heterocycles. The Labute approximate surface area is 341 Å². The smallest absolute Gasteiger partial charge is 0.160 e. The number of nitrogens with zero attached hydrogens (tertiary/aromatic N) is 3. The van der Waals surface area contributed by atoms with Crippen molar-refractivity contribution in [2.75, 3.05) is 0 Å². The molecule has 272 valence electrons. The molecule has 0 bridgehead atoms. The van der Waals surface area contributed by atoms with Gasteiger partial charge in [-0.3, -0.25) is 4.98 Å². The van der Waals surface area contributed by atoms with Gasteiger partial charge >= 0.3 is 0 Å². The molecule has 3 heteroatoms. The number of fused-ring (bicyclic) bond motifs is 13. The normalized spacial score (nSPS) is 14.8. The molecule has 2 aliphatic rings. The zero-order chi connectivity index (χ0) is 38.7. The van der Waals surface area contributed by atoms with Crippen molar-refractivity contribution in [1.29, 1.82) is 0 Å². The zero-order valence-electron chi connectivity index (χ0n) is 31.9. The van der Waals surface area contributed by atoms with Gasteiger partial charge in [-0.1, -0.05) is 158 Å². The third-order valence-electron chi connectivity index (χ3n) is 12.9. The van der Waals surface area contributed by atoms with E-state index in [2.05, 4.69) is 181 Å². The van der Waals surface area contributed by atoms with Gasteiger partial charge in [0.25, 0.3) is 0 Å². The molecule has 59 heavy (non-hydrogen) atoms. The summed E-state index contributed by atoms with van der Waals surface area (Å²) in [5.41, 5.74) is 16.6. The first-order valence-electron chi connectivity index (χ1n) is 20.3. The van der Waals surface area contributed by atoms with Crippen LogP contribution in [0.3, 0.4) is 0 Å². The minimum Gasteiger partial charge on any atom is -0.264 e. The van der Waals surface area contributed by atoms with Crippen LogP contribution in [0.4, 0.5) is 0 Å². The molecule has 0 saturated heterocycles. The van der Waals surface area contributed by atoms with E-state index in [1.54, 1.807) is 6.20 Å². The standard InChI is InChI=1S/C56H33N3/c1-2-12-34(13-3-1)50-32-51(39-16-11-29-57-33-39)59-55(58-50)38-26-27-43-41-18-5-4-17-40(41)42-19-6-8-21-46(42)56(48(43)31-38)47-22-9-7-20-44(47)54-45-28-25-36-15-10-14-35-23-24-37(30-49(54)56)53(45)52(35)36/h1-33H. The highest BCUT2D eigenvalue weighted by Crippen LogP contribution is 2.63. The molecule has 0 radical (unpaired) electrons. The second kappa shape index (κ2) is 12.1. The van der Waals surface area contributed by atoms with E-state index in [0.29, 0.717) is 5.82 Å². The summed E-state index contributed by atoms with van der Waals surface area (Å²) < 4.78 is 0. The highest BCUT2D eigenvalue weighted by molar-refractivity contribution is 6.27. The predicted molar refractivity (Wildman–Crippen MR) is 242 cm³/mol. The van der Waals surface area contributed by atoms with Crippen molar-refractivity contribution in [3.8, 4) is 67.3 Å². The molecular formula is C56H33N3.